The molecule has 22 heavy (non-hydrogen) atoms. The molecule has 0 atom stereocenters. The fourth-order valence-corrected chi connectivity index (χ4v) is 2.62. The van der Waals surface area contributed by atoms with Crippen LogP contribution in [0, 0.1) is 0 Å². The second kappa shape index (κ2) is 5.98. The van der Waals surface area contributed by atoms with E-state index in [9.17, 15) is 14.4 Å². The van der Waals surface area contributed by atoms with Gasteiger partial charge in [0.25, 0.3) is 11.8 Å². The average molecular weight is 343 g/mol. The molecule has 0 aromatic heterocycles. The van der Waals surface area contributed by atoms with Crippen LogP contribution in [-0.4, -0.2) is 48.9 Å². The van der Waals surface area contributed by atoms with Crippen LogP contribution < -0.4 is 4.74 Å². The Morgan fingerprint density at radius 3 is 2.09 bits per heavy atom. The van der Waals surface area contributed by atoms with E-state index in [1.54, 1.807) is 0 Å². The van der Waals surface area contributed by atoms with E-state index >= 15 is 0 Å². The van der Waals surface area contributed by atoms with Gasteiger partial charge in [0.15, 0.2) is 0 Å². The molecule has 1 aliphatic heterocycles. The largest absolute Gasteiger partial charge is 0.495 e. The van der Waals surface area contributed by atoms with Gasteiger partial charge < -0.3 is 4.74 Å². The summed E-state index contributed by atoms with van der Waals surface area (Å²) >= 11 is 12.0. The van der Waals surface area contributed by atoms with Gasteiger partial charge in [-0.2, -0.15) is 0 Å². The van der Waals surface area contributed by atoms with Gasteiger partial charge in [-0.15, -0.1) is 0 Å². The SMILES string of the molecule is COc1c(Cl)cc(Cl)cc1C=C1C(=O)N(C)C(=O)N(C)C1=O. The molecule has 0 spiro atoms. The molecule has 1 fully saturated rings. The van der Waals surface area contributed by atoms with Gasteiger partial charge in [0, 0.05) is 24.7 Å². The van der Waals surface area contributed by atoms with E-state index < -0.39 is 17.8 Å². The second-order valence-corrected chi connectivity index (χ2v) is 5.42. The van der Waals surface area contributed by atoms with Crippen molar-refractivity contribution in [2.75, 3.05) is 21.2 Å². The maximum absolute atomic E-state index is 12.1. The van der Waals surface area contributed by atoms with Gasteiger partial charge in [0.2, 0.25) is 0 Å². The minimum atomic E-state index is -0.703. The van der Waals surface area contributed by atoms with Gasteiger partial charge >= 0.3 is 6.03 Å². The molecule has 1 saturated heterocycles. The average Bonchev–Trinajstić information content (AvgIpc) is 2.47. The summed E-state index contributed by atoms with van der Waals surface area (Å²) in [6.45, 7) is 0. The van der Waals surface area contributed by atoms with Gasteiger partial charge in [-0.3, -0.25) is 19.4 Å². The van der Waals surface area contributed by atoms with Crippen molar-refractivity contribution in [3.8, 4) is 5.75 Å². The summed E-state index contributed by atoms with van der Waals surface area (Å²) in [6, 6.07) is 2.30. The van der Waals surface area contributed by atoms with Crippen molar-refractivity contribution < 1.29 is 19.1 Å². The Kier molecular flexibility index (Phi) is 4.44. The number of amides is 4. The maximum atomic E-state index is 12.1. The Morgan fingerprint density at radius 2 is 1.59 bits per heavy atom. The third kappa shape index (κ3) is 2.67. The molecule has 0 saturated carbocycles. The van der Waals surface area contributed by atoms with Gasteiger partial charge in [-0.25, -0.2) is 4.79 Å². The Hall–Kier alpha value is -2.05. The first-order valence-corrected chi connectivity index (χ1v) is 6.88. The van der Waals surface area contributed by atoms with Crippen LogP contribution in [0.15, 0.2) is 17.7 Å². The summed E-state index contributed by atoms with van der Waals surface area (Å²) < 4.78 is 5.17. The molecule has 6 nitrogen and oxygen atoms in total. The van der Waals surface area contributed by atoms with Crippen LogP contribution in [0.2, 0.25) is 10.0 Å². The lowest BCUT2D eigenvalue weighted by Crippen LogP contribution is -2.52. The molecule has 0 bridgehead atoms. The van der Waals surface area contributed by atoms with Crippen molar-refractivity contribution in [1.82, 2.24) is 9.80 Å². The molecule has 4 amide bonds. The summed E-state index contributed by atoms with van der Waals surface area (Å²) in [5, 5.41) is 0.571. The molecule has 1 heterocycles. The van der Waals surface area contributed by atoms with Gasteiger partial charge in [0.1, 0.15) is 11.3 Å². The highest BCUT2D eigenvalue weighted by Gasteiger charge is 2.38. The molecule has 1 aromatic rings. The number of urea groups is 1. The van der Waals surface area contributed by atoms with E-state index in [0.29, 0.717) is 10.6 Å². The third-order valence-corrected chi connectivity index (χ3v) is 3.68. The zero-order valence-corrected chi connectivity index (χ0v) is 13.5. The van der Waals surface area contributed by atoms with Crippen molar-refractivity contribution in [2.45, 2.75) is 0 Å². The highest BCUT2D eigenvalue weighted by atomic mass is 35.5. The predicted molar refractivity (Wildman–Crippen MR) is 81.9 cm³/mol. The highest BCUT2D eigenvalue weighted by Crippen LogP contribution is 2.34. The van der Waals surface area contributed by atoms with E-state index in [4.69, 9.17) is 27.9 Å². The Labute approximate surface area is 136 Å². The standard InChI is InChI=1S/C14H12Cl2N2O4/c1-17-12(19)9(13(20)18(2)14(17)21)5-7-4-8(15)6-10(16)11(7)22-3/h4-6H,1-3H3. The zero-order chi connectivity index (χ0) is 16.6. The van der Waals surface area contributed by atoms with E-state index in [1.165, 1.54) is 39.4 Å². The van der Waals surface area contributed by atoms with E-state index in [0.717, 1.165) is 9.80 Å². The van der Waals surface area contributed by atoms with Crippen molar-refractivity contribution in [3.05, 3.63) is 33.3 Å². The first-order chi connectivity index (χ1) is 10.3. The summed E-state index contributed by atoms with van der Waals surface area (Å²) in [4.78, 5) is 37.7. The number of rotatable bonds is 2. The number of carbonyl (C=O) groups excluding carboxylic acids is 3. The van der Waals surface area contributed by atoms with Crippen LogP contribution in [0.4, 0.5) is 4.79 Å². The lowest BCUT2D eigenvalue weighted by Gasteiger charge is -2.29. The molecule has 1 aliphatic rings. The highest BCUT2D eigenvalue weighted by molar-refractivity contribution is 6.36. The summed E-state index contributed by atoms with van der Waals surface area (Å²) in [7, 11) is 4.00. The summed E-state index contributed by atoms with van der Waals surface area (Å²) in [5.74, 6) is -1.13. The number of nitrogens with zero attached hydrogens (tertiary/aromatic N) is 2. The van der Waals surface area contributed by atoms with Gasteiger partial charge in [-0.05, 0) is 18.2 Å². The molecular formula is C14H12Cl2N2O4. The second-order valence-electron chi connectivity index (χ2n) is 4.58. The summed E-state index contributed by atoms with van der Waals surface area (Å²) in [5.41, 5.74) is 0.189. The van der Waals surface area contributed by atoms with Crippen LogP contribution in [-0.2, 0) is 9.59 Å². The smallest absolute Gasteiger partial charge is 0.333 e. The van der Waals surface area contributed by atoms with E-state index in [2.05, 4.69) is 0 Å². The van der Waals surface area contributed by atoms with Gasteiger partial charge in [0.05, 0.1) is 12.1 Å². The number of imide groups is 2. The molecule has 0 N–H and O–H groups in total. The monoisotopic (exact) mass is 342 g/mol. The maximum Gasteiger partial charge on any atom is 0.333 e. The fraction of sp³-hybridized carbons (Fsp3) is 0.214. The number of benzene rings is 1. The zero-order valence-electron chi connectivity index (χ0n) is 12.0. The number of ether oxygens (including phenoxy) is 1. The predicted octanol–water partition coefficient (Wildman–Crippen LogP) is 2.44. The molecule has 0 aliphatic carbocycles. The number of hydrogen-bond acceptors (Lipinski definition) is 4. The Balaban J connectivity index is 2.59. The number of barbiturate groups is 1. The Morgan fingerprint density at radius 1 is 1.05 bits per heavy atom. The van der Waals surface area contributed by atoms with Crippen LogP contribution in [0.1, 0.15) is 5.56 Å². The minimum absolute atomic E-state index is 0.179. The molecule has 0 radical (unpaired) electrons. The summed E-state index contributed by atoms with van der Waals surface area (Å²) in [6.07, 6.45) is 1.31. The molecule has 8 heteroatoms. The number of methoxy groups -OCH3 is 1. The molecule has 2 rings (SSSR count). The number of halogens is 2. The topological polar surface area (TPSA) is 66.9 Å². The van der Waals surface area contributed by atoms with Crippen LogP contribution in [0.25, 0.3) is 6.08 Å². The van der Waals surface area contributed by atoms with Crippen molar-refractivity contribution >= 4 is 47.1 Å². The lowest BCUT2D eigenvalue weighted by molar-refractivity contribution is -0.134. The van der Waals surface area contributed by atoms with Crippen molar-refractivity contribution in [1.29, 1.82) is 0 Å². The number of hydrogen-bond donors (Lipinski definition) is 0. The lowest BCUT2D eigenvalue weighted by atomic mass is 10.1. The molecule has 116 valence electrons. The van der Waals surface area contributed by atoms with Crippen LogP contribution in [0.5, 0.6) is 5.75 Å². The Bertz CT molecular complexity index is 689. The van der Waals surface area contributed by atoms with Gasteiger partial charge in [-0.1, -0.05) is 23.2 Å². The number of likely N-dealkylation sites (N-methyl/N-ethyl adjacent to an activating group) is 2. The van der Waals surface area contributed by atoms with E-state index in [1.807, 2.05) is 0 Å². The first kappa shape index (κ1) is 16.3. The fourth-order valence-electron chi connectivity index (χ4n) is 2.03. The number of carbonyl (C=O) groups is 3. The van der Waals surface area contributed by atoms with E-state index in [-0.39, 0.29) is 16.3 Å². The first-order valence-electron chi connectivity index (χ1n) is 6.12. The molecule has 1 aromatic carbocycles. The van der Waals surface area contributed by atoms with Crippen molar-refractivity contribution in [3.63, 3.8) is 0 Å². The van der Waals surface area contributed by atoms with Crippen molar-refractivity contribution in [2.24, 2.45) is 0 Å². The van der Waals surface area contributed by atoms with Crippen LogP contribution >= 0.6 is 23.2 Å². The molecule has 0 unspecified atom stereocenters. The molecular weight excluding hydrogens is 331 g/mol. The third-order valence-electron chi connectivity index (χ3n) is 3.19. The van der Waals surface area contributed by atoms with Crippen LogP contribution in [0.3, 0.4) is 0 Å². The normalized spacial score (nSPS) is 15.5. The minimum Gasteiger partial charge on any atom is -0.495 e. The quantitative estimate of drug-likeness (QED) is 0.611.